The average molecular weight is 234 g/mol. The van der Waals surface area contributed by atoms with E-state index in [1.54, 1.807) is 13.1 Å². The summed E-state index contributed by atoms with van der Waals surface area (Å²) in [4.78, 5) is 17.7. The van der Waals surface area contributed by atoms with E-state index in [0.717, 1.165) is 24.9 Å². The fourth-order valence-corrected chi connectivity index (χ4v) is 2.38. The van der Waals surface area contributed by atoms with E-state index in [1.807, 2.05) is 24.0 Å². The molecule has 1 amide bonds. The third-order valence-electron chi connectivity index (χ3n) is 3.10. The Morgan fingerprint density at radius 3 is 3.18 bits per heavy atom. The summed E-state index contributed by atoms with van der Waals surface area (Å²) in [6.07, 6.45) is 3.76. The summed E-state index contributed by atoms with van der Waals surface area (Å²) in [5.41, 5.74) is 1.03. The zero-order chi connectivity index (χ0) is 12.3. The summed E-state index contributed by atoms with van der Waals surface area (Å²) in [6.45, 7) is 4.99. The minimum atomic E-state index is 0.124. The summed E-state index contributed by atoms with van der Waals surface area (Å²) in [6, 6.07) is 4.03. The minimum absolute atomic E-state index is 0.124. The number of aromatic nitrogens is 1. The Hall–Kier alpha value is -1.58. The van der Waals surface area contributed by atoms with Crippen molar-refractivity contribution in [2.24, 2.45) is 0 Å². The Labute approximate surface area is 102 Å². The summed E-state index contributed by atoms with van der Waals surface area (Å²) in [5.74, 6) is 0.784. The zero-order valence-electron chi connectivity index (χ0n) is 10.3. The predicted octanol–water partition coefficient (Wildman–Crippen LogP) is 2.16. The van der Waals surface area contributed by atoms with Gasteiger partial charge >= 0.3 is 0 Å². The van der Waals surface area contributed by atoms with E-state index in [-0.39, 0.29) is 11.9 Å². The van der Waals surface area contributed by atoms with Crippen LogP contribution in [0.2, 0.25) is 0 Å². The van der Waals surface area contributed by atoms with Gasteiger partial charge in [-0.15, -0.1) is 0 Å². The van der Waals surface area contributed by atoms with Crippen LogP contribution in [0.5, 0.6) is 5.88 Å². The molecule has 0 aromatic carbocycles. The van der Waals surface area contributed by atoms with E-state index in [2.05, 4.69) is 4.98 Å². The number of hydrogen-bond acceptors (Lipinski definition) is 3. The molecule has 92 valence electrons. The molecule has 1 saturated heterocycles. The first kappa shape index (κ1) is 11.9. The first-order valence-corrected chi connectivity index (χ1v) is 6.09. The fraction of sp³-hybridized carbons (Fsp3) is 0.538. The lowest BCUT2D eigenvalue weighted by molar-refractivity contribution is -0.129. The van der Waals surface area contributed by atoms with Crippen LogP contribution in [0.1, 0.15) is 38.3 Å². The highest BCUT2D eigenvalue weighted by atomic mass is 16.5. The van der Waals surface area contributed by atoms with Gasteiger partial charge in [-0.1, -0.05) is 6.07 Å². The van der Waals surface area contributed by atoms with Crippen LogP contribution in [0, 0.1) is 0 Å². The van der Waals surface area contributed by atoms with Crippen molar-refractivity contribution in [2.45, 2.75) is 32.7 Å². The first-order valence-electron chi connectivity index (χ1n) is 6.09. The van der Waals surface area contributed by atoms with Crippen LogP contribution in [0.4, 0.5) is 0 Å². The zero-order valence-corrected chi connectivity index (χ0v) is 10.3. The average Bonchev–Trinajstić information content (AvgIpc) is 2.79. The molecule has 0 bridgehead atoms. The number of carbonyl (C=O) groups is 1. The van der Waals surface area contributed by atoms with Crippen molar-refractivity contribution < 1.29 is 9.53 Å². The molecule has 4 heteroatoms. The number of rotatable bonds is 3. The Morgan fingerprint density at radius 1 is 1.65 bits per heavy atom. The van der Waals surface area contributed by atoms with Gasteiger partial charge < -0.3 is 9.64 Å². The summed E-state index contributed by atoms with van der Waals surface area (Å²) < 4.78 is 5.53. The van der Waals surface area contributed by atoms with Crippen molar-refractivity contribution in [1.82, 2.24) is 9.88 Å². The highest BCUT2D eigenvalue weighted by Gasteiger charge is 2.30. The van der Waals surface area contributed by atoms with Crippen molar-refractivity contribution in [3.8, 4) is 5.88 Å². The van der Waals surface area contributed by atoms with Crippen molar-refractivity contribution in [3.05, 3.63) is 23.9 Å². The van der Waals surface area contributed by atoms with E-state index in [9.17, 15) is 4.79 Å². The van der Waals surface area contributed by atoms with E-state index in [1.165, 1.54) is 0 Å². The van der Waals surface area contributed by atoms with Crippen molar-refractivity contribution in [1.29, 1.82) is 0 Å². The molecular formula is C13H18N2O2. The molecule has 1 aliphatic heterocycles. The number of nitrogens with zero attached hydrogens (tertiary/aromatic N) is 2. The minimum Gasteiger partial charge on any atom is -0.478 e. The Morgan fingerprint density at radius 2 is 2.47 bits per heavy atom. The lowest BCUT2D eigenvalue weighted by Crippen LogP contribution is -2.28. The van der Waals surface area contributed by atoms with Crippen molar-refractivity contribution in [3.63, 3.8) is 0 Å². The maximum Gasteiger partial charge on any atom is 0.219 e. The lowest BCUT2D eigenvalue weighted by atomic mass is 10.1. The quantitative estimate of drug-likeness (QED) is 0.805. The van der Waals surface area contributed by atoms with Crippen LogP contribution in [0.3, 0.4) is 0 Å². The van der Waals surface area contributed by atoms with Gasteiger partial charge in [-0.25, -0.2) is 4.98 Å². The second-order valence-corrected chi connectivity index (χ2v) is 4.20. The SMILES string of the molecule is CCOc1ncccc1C1CCCN1C(C)=O. The van der Waals surface area contributed by atoms with Gasteiger partial charge in [0.25, 0.3) is 0 Å². The molecule has 1 atom stereocenters. The molecule has 17 heavy (non-hydrogen) atoms. The normalized spacial score (nSPS) is 19.4. The number of carbonyl (C=O) groups excluding carboxylic acids is 1. The molecule has 0 aliphatic carbocycles. The molecule has 0 spiro atoms. The number of likely N-dealkylation sites (tertiary alicyclic amines) is 1. The van der Waals surface area contributed by atoms with Gasteiger partial charge in [0.2, 0.25) is 11.8 Å². The Bertz CT molecular complexity index is 406. The highest BCUT2D eigenvalue weighted by Crippen LogP contribution is 2.35. The summed E-state index contributed by atoms with van der Waals surface area (Å²) in [5, 5.41) is 0. The standard InChI is InChI=1S/C13H18N2O2/c1-3-17-13-11(6-4-8-14-13)12-7-5-9-15(12)10(2)16/h4,6,8,12H,3,5,7,9H2,1-2H3. The molecule has 1 aromatic heterocycles. The van der Waals surface area contributed by atoms with Crippen molar-refractivity contribution >= 4 is 5.91 Å². The largest absolute Gasteiger partial charge is 0.478 e. The molecule has 4 nitrogen and oxygen atoms in total. The van der Waals surface area contributed by atoms with Crippen LogP contribution in [-0.2, 0) is 4.79 Å². The van der Waals surface area contributed by atoms with E-state index >= 15 is 0 Å². The maximum atomic E-state index is 11.6. The first-order chi connectivity index (χ1) is 8.24. The smallest absolute Gasteiger partial charge is 0.219 e. The topological polar surface area (TPSA) is 42.4 Å². The van der Waals surface area contributed by atoms with Crippen LogP contribution >= 0.6 is 0 Å². The second kappa shape index (κ2) is 5.17. The molecule has 1 aromatic rings. The molecule has 0 N–H and O–H groups in total. The third-order valence-corrected chi connectivity index (χ3v) is 3.10. The number of amides is 1. The van der Waals surface area contributed by atoms with Crippen LogP contribution < -0.4 is 4.74 Å². The van der Waals surface area contributed by atoms with Gasteiger partial charge in [-0.3, -0.25) is 4.79 Å². The van der Waals surface area contributed by atoms with Gasteiger partial charge in [-0.05, 0) is 25.8 Å². The Balaban J connectivity index is 2.29. The molecule has 2 heterocycles. The molecular weight excluding hydrogens is 216 g/mol. The van der Waals surface area contributed by atoms with Crippen LogP contribution in [0.15, 0.2) is 18.3 Å². The predicted molar refractivity (Wildman–Crippen MR) is 64.8 cm³/mol. The molecule has 0 radical (unpaired) electrons. The van der Waals surface area contributed by atoms with E-state index in [0.29, 0.717) is 12.5 Å². The van der Waals surface area contributed by atoms with Gasteiger partial charge in [-0.2, -0.15) is 0 Å². The van der Waals surface area contributed by atoms with Crippen LogP contribution in [-0.4, -0.2) is 28.9 Å². The van der Waals surface area contributed by atoms with Gasteiger partial charge in [0, 0.05) is 25.2 Å². The summed E-state index contributed by atoms with van der Waals surface area (Å²) >= 11 is 0. The third kappa shape index (κ3) is 2.40. The monoisotopic (exact) mass is 234 g/mol. The molecule has 1 unspecified atom stereocenters. The number of pyridine rings is 1. The molecule has 1 aliphatic rings. The Kier molecular flexibility index (Phi) is 3.61. The molecule has 1 fully saturated rings. The van der Waals surface area contributed by atoms with Gasteiger partial charge in [0.1, 0.15) is 0 Å². The lowest BCUT2D eigenvalue weighted by Gasteiger charge is -2.24. The number of ether oxygens (including phenoxy) is 1. The van der Waals surface area contributed by atoms with Crippen molar-refractivity contribution in [2.75, 3.05) is 13.2 Å². The molecule has 2 rings (SSSR count). The number of hydrogen-bond donors (Lipinski definition) is 0. The summed E-state index contributed by atoms with van der Waals surface area (Å²) in [7, 11) is 0. The fourth-order valence-electron chi connectivity index (χ4n) is 2.38. The van der Waals surface area contributed by atoms with Gasteiger partial charge in [0.15, 0.2) is 0 Å². The van der Waals surface area contributed by atoms with E-state index in [4.69, 9.17) is 4.74 Å². The van der Waals surface area contributed by atoms with Crippen LogP contribution in [0.25, 0.3) is 0 Å². The van der Waals surface area contributed by atoms with E-state index < -0.39 is 0 Å². The maximum absolute atomic E-state index is 11.6. The highest BCUT2D eigenvalue weighted by molar-refractivity contribution is 5.74. The second-order valence-electron chi connectivity index (χ2n) is 4.20. The molecule has 0 saturated carbocycles. The van der Waals surface area contributed by atoms with Gasteiger partial charge in [0.05, 0.1) is 12.6 Å².